The largest absolute Gasteiger partial charge is 0.323 e. The third kappa shape index (κ3) is 3.35. The van der Waals surface area contributed by atoms with Crippen LogP contribution in [0.25, 0.3) is 0 Å². The molecule has 3 amide bonds. The van der Waals surface area contributed by atoms with E-state index in [9.17, 15) is 9.59 Å². The highest BCUT2D eigenvalue weighted by Crippen LogP contribution is 2.54. The highest BCUT2D eigenvalue weighted by atomic mass is 32.2. The Hall–Kier alpha value is -3.25. The average Bonchev–Trinajstić information content (AvgIpc) is 3.33. The summed E-state index contributed by atoms with van der Waals surface area (Å²) in [4.78, 5) is 29.8. The van der Waals surface area contributed by atoms with Gasteiger partial charge in [0.25, 0.3) is 5.91 Å². The van der Waals surface area contributed by atoms with Crippen molar-refractivity contribution in [3.8, 4) is 0 Å². The van der Waals surface area contributed by atoms with Crippen LogP contribution in [0.3, 0.4) is 0 Å². The molecule has 0 aliphatic carbocycles. The number of thioether (sulfide) groups is 1. The number of hydrogen-bond donors (Lipinski definition) is 1. The van der Waals surface area contributed by atoms with Gasteiger partial charge in [0.15, 0.2) is 4.87 Å². The van der Waals surface area contributed by atoms with Gasteiger partial charge in [-0.2, -0.15) is 0 Å². The summed E-state index contributed by atoms with van der Waals surface area (Å²) in [6.45, 7) is 5.05. The van der Waals surface area contributed by atoms with E-state index in [4.69, 9.17) is 0 Å². The van der Waals surface area contributed by atoms with Gasteiger partial charge >= 0.3 is 6.03 Å². The van der Waals surface area contributed by atoms with Crippen molar-refractivity contribution < 1.29 is 9.59 Å². The summed E-state index contributed by atoms with van der Waals surface area (Å²) in [5.74, 6) is 0.654. The summed E-state index contributed by atoms with van der Waals surface area (Å²) in [6.07, 6.45) is 0. The van der Waals surface area contributed by atoms with E-state index in [0.29, 0.717) is 18.8 Å². The molecule has 1 spiro atoms. The molecule has 0 bridgehead atoms. The molecule has 1 saturated heterocycles. The number of para-hydroxylation sites is 1. The maximum atomic E-state index is 14.0. The number of fused-ring (bicyclic) bond motifs is 2. The van der Waals surface area contributed by atoms with Gasteiger partial charge in [-0.15, -0.1) is 11.8 Å². The molecular formula is C26H25N3O2S. The fourth-order valence-corrected chi connectivity index (χ4v) is 6.01. The fourth-order valence-electron chi connectivity index (χ4n) is 4.55. The van der Waals surface area contributed by atoms with Crippen LogP contribution >= 0.6 is 11.8 Å². The summed E-state index contributed by atoms with van der Waals surface area (Å²) in [7, 11) is 0. The van der Waals surface area contributed by atoms with Gasteiger partial charge in [0.2, 0.25) is 0 Å². The van der Waals surface area contributed by atoms with Crippen LogP contribution in [0.1, 0.15) is 22.3 Å². The van der Waals surface area contributed by atoms with Crippen LogP contribution in [0.5, 0.6) is 0 Å². The number of anilines is 2. The van der Waals surface area contributed by atoms with Crippen LogP contribution in [-0.4, -0.2) is 29.1 Å². The van der Waals surface area contributed by atoms with Gasteiger partial charge < -0.3 is 10.2 Å². The molecule has 162 valence electrons. The molecule has 0 saturated carbocycles. The number of urea groups is 1. The quantitative estimate of drug-likeness (QED) is 0.599. The second kappa shape index (κ2) is 8.02. The standard InChI is InChI=1S/C26H25N3O2S/c1-18-10-12-21(13-11-18)27-25(31)29-14-15-32-26(29)22-8-3-4-9-23(22)28(24(26)30)17-20-7-5-6-19(2)16-20/h3-13,16H,14-15,17H2,1-2H3,(H,27,31). The number of rotatable bonds is 3. The van der Waals surface area contributed by atoms with Gasteiger partial charge in [0.1, 0.15) is 0 Å². The second-order valence-corrected chi connectivity index (χ2v) is 9.63. The van der Waals surface area contributed by atoms with Crippen molar-refractivity contribution >= 4 is 35.1 Å². The van der Waals surface area contributed by atoms with Crippen molar-refractivity contribution in [1.82, 2.24) is 4.90 Å². The predicted octanol–water partition coefficient (Wildman–Crippen LogP) is 5.28. The van der Waals surface area contributed by atoms with Crippen LogP contribution in [0.2, 0.25) is 0 Å². The van der Waals surface area contributed by atoms with Crippen LogP contribution in [0.4, 0.5) is 16.2 Å². The van der Waals surface area contributed by atoms with Gasteiger partial charge in [-0.05, 0) is 37.6 Å². The third-order valence-corrected chi connectivity index (χ3v) is 7.49. The van der Waals surface area contributed by atoms with Crippen molar-refractivity contribution in [2.24, 2.45) is 0 Å². The van der Waals surface area contributed by atoms with Gasteiger partial charge in [-0.3, -0.25) is 9.69 Å². The lowest BCUT2D eigenvalue weighted by molar-refractivity contribution is -0.123. The molecule has 6 heteroatoms. The molecule has 2 aliphatic rings. The van der Waals surface area contributed by atoms with E-state index in [-0.39, 0.29) is 11.9 Å². The van der Waals surface area contributed by atoms with Crippen LogP contribution in [0.15, 0.2) is 72.8 Å². The number of carbonyl (C=O) groups excluding carboxylic acids is 2. The Bertz CT molecular complexity index is 1190. The first-order chi connectivity index (χ1) is 15.5. The molecular weight excluding hydrogens is 418 g/mol. The molecule has 5 nitrogen and oxygen atoms in total. The van der Waals surface area contributed by atoms with Crippen molar-refractivity contribution in [1.29, 1.82) is 0 Å². The minimum atomic E-state index is -1.03. The maximum Gasteiger partial charge on any atom is 0.323 e. The van der Waals surface area contributed by atoms with E-state index in [1.165, 1.54) is 0 Å². The van der Waals surface area contributed by atoms with E-state index in [0.717, 1.165) is 33.6 Å². The Balaban J connectivity index is 1.50. The summed E-state index contributed by atoms with van der Waals surface area (Å²) in [5.41, 5.74) is 5.85. The minimum Gasteiger partial charge on any atom is -0.308 e. The van der Waals surface area contributed by atoms with E-state index in [1.54, 1.807) is 16.7 Å². The number of carbonyl (C=O) groups is 2. The number of benzene rings is 3. The van der Waals surface area contributed by atoms with Crippen LogP contribution in [0, 0.1) is 13.8 Å². The van der Waals surface area contributed by atoms with Crippen molar-refractivity contribution in [2.45, 2.75) is 25.3 Å². The molecule has 32 heavy (non-hydrogen) atoms. The average molecular weight is 444 g/mol. The maximum absolute atomic E-state index is 14.0. The molecule has 2 heterocycles. The van der Waals surface area contributed by atoms with E-state index < -0.39 is 4.87 Å². The highest BCUT2D eigenvalue weighted by Gasteiger charge is 2.59. The number of amides is 3. The lowest BCUT2D eigenvalue weighted by Crippen LogP contribution is -2.51. The number of nitrogens with zero attached hydrogens (tertiary/aromatic N) is 2. The van der Waals surface area contributed by atoms with E-state index in [2.05, 4.69) is 24.4 Å². The van der Waals surface area contributed by atoms with E-state index >= 15 is 0 Å². The summed E-state index contributed by atoms with van der Waals surface area (Å²) in [5, 5.41) is 2.99. The molecule has 1 N–H and O–H groups in total. The number of aryl methyl sites for hydroxylation is 2. The predicted molar refractivity (Wildman–Crippen MR) is 130 cm³/mol. The second-order valence-electron chi connectivity index (χ2n) is 8.34. The third-order valence-electron chi connectivity index (χ3n) is 6.07. The topological polar surface area (TPSA) is 52.7 Å². The zero-order valence-corrected chi connectivity index (χ0v) is 19.0. The zero-order chi connectivity index (χ0) is 22.3. The lowest BCUT2D eigenvalue weighted by atomic mass is 10.1. The SMILES string of the molecule is Cc1ccc(NC(=O)N2CCSC23C(=O)N(Cc2cccc(C)c2)c2ccccc23)cc1. The summed E-state index contributed by atoms with van der Waals surface area (Å²) >= 11 is 1.54. The number of hydrogen-bond acceptors (Lipinski definition) is 3. The first kappa shape index (κ1) is 20.6. The summed E-state index contributed by atoms with van der Waals surface area (Å²) < 4.78 is 0. The van der Waals surface area contributed by atoms with Crippen molar-refractivity contribution in [3.05, 3.63) is 95.1 Å². The van der Waals surface area contributed by atoms with Crippen molar-refractivity contribution in [2.75, 3.05) is 22.5 Å². The Labute approximate surface area is 192 Å². The fraction of sp³-hybridized carbons (Fsp3) is 0.231. The van der Waals surface area contributed by atoms with Gasteiger partial charge in [-0.25, -0.2) is 4.79 Å². The minimum absolute atomic E-state index is 0.0539. The molecule has 1 unspecified atom stereocenters. The van der Waals surface area contributed by atoms with Crippen molar-refractivity contribution in [3.63, 3.8) is 0 Å². The van der Waals surface area contributed by atoms with Gasteiger partial charge in [0, 0.05) is 23.5 Å². The van der Waals surface area contributed by atoms with Crippen LogP contribution < -0.4 is 10.2 Å². The molecule has 2 aliphatic heterocycles. The first-order valence-corrected chi connectivity index (χ1v) is 11.7. The van der Waals surface area contributed by atoms with Crippen LogP contribution in [-0.2, 0) is 16.2 Å². The normalized spacial score (nSPS) is 19.5. The molecule has 5 rings (SSSR count). The van der Waals surface area contributed by atoms with Gasteiger partial charge in [0.05, 0.1) is 12.2 Å². The Morgan fingerprint density at radius 3 is 2.56 bits per heavy atom. The molecule has 0 radical (unpaired) electrons. The lowest BCUT2D eigenvalue weighted by Gasteiger charge is -2.33. The van der Waals surface area contributed by atoms with E-state index in [1.807, 2.05) is 72.5 Å². The zero-order valence-electron chi connectivity index (χ0n) is 18.2. The monoisotopic (exact) mass is 443 g/mol. The highest BCUT2D eigenvalue weighted by molar-refractivity contribution is 8.01. The first-order valence-electron chi connectivity index (χ1n) is 10.8. The molecule has 1 atom stereocenters. The van der Waals surface area contributed by atoms with Gasteiger partial charge in [-0.1, -0.05) is 65.7 Å². The molecule has 3 aromatic carbocycles. The Morgan fingerprint density at radius 2 is 1.78 bits per heavy atom. The Kier molecular flexibility index (Phi) is 5.18. The smallest absolute Gasteiger partial charge is 0.308 e. The molecule has 0 aromatic heterocycles. The Morgan fingerprint density at radius 1 is 1.00 bits per heavy atom. The molecule has 1 fully saturated rings. The number of nitrogens with one attached hydrogen (secondary N) is 1. The summed E-state index contributed by atoms with van der Waals surface area (Å²) in [6, 6.07) is 23.5. The molecule has 3 aromatic rings.